The molecule has 5 aromatic rings. The van der Waals surface area contributed by atoms with Gasteiger partial charge < -0.3 is 10.1 Å². The topological polar surface area (TPSA) is 103 Å². The quantitative estimate of drug-likeness (QED) is 0.198. The molecule has 0 bridgehead atoms. The van der Waals surface area contributed by atoms with Gasteiger partial charge in [-0.2, -0.15) is 15.6 Å². The van der Waals surface area contributed by atoms with Gasteiger partial charge in [-0.15, -0.1) is 0 Å². The molecule has 8 nitrogen and oxygen atoms in total. The number of hydrogen-bond donors (Lipinski definition) is 1. The first-order valence-electron chi connectivity index (χ1n) is 16.0. The van der Waals surface area contributed by atoms with Crippen LogP contribution in [0.15, 0.2) is 61.3 Å². The molecule has 2 aliphatic heterocycles. The molecule has 0 amide bonds. The van der Waals surface area contributed by atoms with Gasteiger partial charge in [0.1, 0.15) is 11.6 Å². The predicted molar refractivity (Wildman–Crippen MR) is 178 cm³/mol. The van der Waals surface area contributed by atoms with Crippen LogP contribution in [0.4, 0.5) is 4.39 Å². The van der Waals surface area contributed by atoms with E-state index in [-0.39, 0.29) is 29.7 Å². The van der Waals surface area contributed by atoms with E-state index in [4.69, 9.17) is 14.8 Å². The summed E-state index contributed by atoms with van der Waals surface area (Å²) in [5.74, 6) is -0.138. The average molecular weight is 614 g/mol. The molecule has 2 fully saturated rings. The number of nitriles is 2. The smallest absolute Gasteiger partial charge is 0.225 e. The lowest BCUT2D eigenvalue weighted by Gasteiger charge is -2.30. The molecule has 7 rings (SSSR count). The van der Waals surface area contributed by atoms with Gasteiger partial charge in [-0.1, -0.05) is 36.9 Å². The third-order valence-electron chi connectivity index (χ3n) is 9.81. The SMILES string of the molecule is C=C[C@H](Oc1nc2c(F)c(-c3cccc4cccc(C#N)c34)c(C)cc2c2c1cnn2[C@H]1CCN[C@H](CC#N)C1)[C@@H]1CCCN1C. The van der Waals surface area contributed by atoms with Gasteiger partial charge in [-0.05, 0) is 87.5 Å². The lowest BCUT2D eigenvalue weighted by molar-refractivity contribution is 0.140. The van der Waals surface area contributed by atoms with Gasteiger partial charge in [-0.25, -0.2) is 9.37 Å². The van der Waals surface area contributed by atoms with Crippen LogP contribution in [0.25, 0.3) is 43.7 Å². The Hall–Kier alpha value is -4.83. The van der Waals surface area contributed by atoms with Crippen molar-refractivity contribution in [3.8, 4) is 29.1 Å². The molecule has 0 aliphatic carbocycles. The first-order valence-corrected chi connectivity index (χ1v) is 16.0. The van der Waals surface area contributed by atoms with E-state index in [1.807, 2.05) is 54.1 Å². The van der Waals surface area contributed by atoms with E-state index in [0.717, 1.165) is 60.6 Å². The Kier molecular flexibility index (Phi) is 7.90. The van der Waals surface area contributed by atoms with Crippen molar-refractivity contribution < 1.29 is 9.13 Å². The number of nitrogens with one attached hydrogen (secondary N) is 1. The summed E-state index contributed by atoms with van der Waals surface area (Å²) >= 11 is 0. The molecule has 46 heavy (non-hydrogen) atoms. The fraction of sp³-hybridized carbons (Fsp3) is 0.351. The second-order valence-corrected chi connectivity index (χ2v) is 12.6. The van der Waals surface area contributed by atoms with Gasteiger partial charge in [0, 0.05) is 22.4 Å². The van der Waals surface area contributed by atoms with Crippen LogP contribution in [-0.2, 0) is 0 Å². The van der Waals surface area contributed by atoms with E-state index in [0.29, 0.717) is 39.8 Å². The highest BCUT2D eigenvalue weighted by Crippen LogP contribution is 2.42. The Morgan fingerprint density at radius 2 is 2.02 bits per heavy atom. The number of pyridine rings is 1. The third kappa shape index (κ3) is 4.97. The minimum atomic E-state index is -0.462. The van der Waals surface area contributed by atoms with E-state index >= 15 is 4.39 Å². The minimum absolute atomic E-state index is 0.0195. The van der Waals surface area contributed by atoms with E-state index in [1.165, 1.54) is 0 Å². The maximum Gasteiger partial charge on any atom is 0.225 e. The van der Waals surface area contributed by atoms with Crippen LogP contribution in [-0.4, -0.2) is 58.0 Å². The molecule has 0 radical (unpaired) electrons. The van der Waals surface area contributed by atoms with Gasteiger partial charge in [-0.3, -0.25) is 9.58 Å². The number of rotatable bonds is 7. The summed E-state index contributed by atoms with van der Waals surface area (Å²) in [5, 5.41) is 30.6. The molecular formula is C37H36FN7O. The van der Waals surface area contributed by atoms with Crippen molar-refractivity contribution >= 4 is 32.6 Å². The molecule has 0 unspecified atom stereocenters. The number of aryl methyl sites for hydroxylation is 1. The Morgan fingerprint density at radius 1 is 1.20 bits per heavy atom. The highest BCUT2D eigenvalue weighted by atomic mass is 19.1. The van der Waals surface area contributed by atoms with Crippen molar-refractivity contribution in [3.05, 3.63) is 78.3 Å². The normalized spacial score (nSPS) is 20.9. The second kappa shape index (κ2) is 12.2. The zero-order valence-corrected chi connectivity index (χ0v) is 26.1. The van der Waals surface area contributed by atoms with Gasteiger partial charge in [0.2, 0.25) is 5.88 Å². The predicted octanol–water partition coefficient (Wildman–Crippen LogP) is 6.96. The van der Waals surface area contributed by atoms with Crippen molar-refractivity contribution in [3.63, 3.8) is 0 Å². The van der Waals surface area contributed by atoms with Crippen molar-refractivity contribution in [2.75, 3.05) is 20.1 Å². The summed E-state index contributed by atoms with van der Waals surface area (Å²) in [6.45, 7) is 7.72. The summed E-state index contributed by atoms with van der Waals surface area (Å²) < 4.78 is 25.8. The highest BCUT2D eigenvalue weighted by molar-refractivity contribution is 6.09. The van der Waals surface area contributed by atoms with Crippen LogP contribution < -0.4 is 10.1 Å². The standard InChI is InChI=1S/C37H36FN7O/c1-4-31(30-12-7-17-44(30)3)46-37-29-21-42-45(26-14-16-41-25(19-26)13-15-39)36(29)28-18-22(2)32(34(38)35(28)43-37)27-11-6-9-23-8-5-10-24(20-40)33(23)27/h4-6,8-11,18,21,25-26,30-31,41H,1,7,12-14,16-17,19H2,2-3H3/t25-,26+,30+,31+/m1/s1. The Bertz CT molecular complexity index is 2070. The van der Waals surface area contributed by atoms with E-state index < -0.39 is 5.82 Å². The van der Waals surface area contributed by atoms with E-state index in [9.17, 15) is 10.5 Å². The molecule has 9 heteroatoms. The lowest BCUT2D eigenvalue weighted by Crippen LogP contribution is -2.39. The number of fused-ring (bicyclic) bond motifs is 4. The Labute approximate surface area is 267 Å². The summed E-state index contributed by atoms with van der Waals surface area (Å²) in [5.41, 5.74) is 3.26. The van der Waals surface area contributed by atoms with Crippen LogP contribution >= 0.6 is 0 Å². The molecule has 232 valence electrons. The zero-order chi connectivity index (χ0) is 31.9. The van der Waals surface area contributed by atoms with E-state index in [1.54, 1.807) is 12.3 Å². The maximum atomic E-state index is 17.2. The Morgan fingerprint density at radius 3 is 2.76 bits per heavy atom. The number of likely N-dealkylation sites (N-methyl/N-ethyl adjacent to an activating group) is 1. The fourth-order valence-corrected chi connectivity index (χ4v) is 7.58. The molecule has 4 atom stereocenters. The molecule has 4 heterocycles. The largest absolute Gasteiger partial charge is 0.468 e. The number of likely N-dealkylation sites (tertiary alicyclic amines) is 1. The van der Waals surface area contributed by atoms with Crippen LogP contribution in [0.2, 0.25) is 0 Å². The number of nitrogens with zero attached hydrogens (tertiary/aromatic N) is 6. The van der Waals surface area contributed by atoms with Crippen LogP contribution in [0.5, 0.6) is 5.88 Å². The molecule has 2 aliphatic rings. The molecular weight excluding hydrogens is 577 g/mol. The Balaban J connectivity index is 1.47. The third-order valence-corrected chi connectivity index (χ3v) is 9.81. The van der Waals surface area contributed by atoms with Crippen LogP contribution in [0.3, 0.4) is 0 Å². The fourth-order valence-electron chi connectivity index (χ4n) is 7.58. The maximum absolute atomic E-state index is 17.2. The summed E-state index contributed by atoms with van der Waals surface area (Å²) in [6.07, 6.45) is 7.26. The molecule has 0 spiro atoms. The first-order chi connectivity index (χ1) is 22.4. The van der Waals surface area contributed by atoms with Crippen molar-refractivity contribution in [2.45, 2.75) is 63.3 Å². The average Bonchev–Trinajstić information content (AvgIpc) is 3.71. The van der Waals surface area contributed by atoms with Crippen LogP contribution in [0, 0.1) is 35.4 Å². The van der Waals surface area contributed by atoms with Gasteiger partial charge >= 0.3 is 0 Å². The molecule has 0 saturated carbocycles. The first kappa shape index (κ1) is 29.9. The highest BCUT2D eigenvalue weighted by Gasteiger charge is 2.32. The van der Waals surface area contributed by atoms with Gasteiger partial charge in [0.15, 0.2) is 5.82 Å². The number of hydrogen-bond acceptors (Lipinski definition) is 7. The summed E-state index contributed by atoms with van der Waals surface area (Å²) in [4.78, 5) is 7.17. The van der Waals surface area contributed by atoms with Gasteiger partial charge in [0.05, 0.1) is 53.3 Å². The number of aromatic nitrogens is 3. The van der Waals surface area contributed by atoms with Crippen LogP contribution in [0.1, 0.15) is 49.3 Å². The van der Waals surface area contributed by atoms with Crippen molar-refractivity contribution in [1.29, 1.82) is 10.5 Å². The minimum Gasteiger partial charge on any atom is -0.468 e. The number of ether oxygens (including phenoxy) is 1. The van der Waals surface area contributed by atoms with Crippen molar-refractivity contribution in [2.24, 2.45) is 0 Å². The van der Waals surface area contributed by atoms with Crippen molar-refractivity contribution in [1.82, 2.24) is 25.0 Å². The summed E-state index contributed by atoms with van der Waals surface area (Å²) in [7, 11) is 2.09. The number of benzene rings is 3. The van der Waals surface area contributed by atoms with Gasteiger partial charge in [0.25, 0.3) is 0 Å². The van der Waals surface area contributed by atoms with E-state index in [2.05, 4.69) is 36.0 Å². The molecule has 2 aromatic heterocycles. The lowest BCUT2D eigenvalue weighted by atomic mass is 9.91. The zero-order valence-electron chi connectivity index (χ0n) is 26.1. The molecule has 2 saturated heterocycles. The monoisotopic (exact) mass is 613 g/mol. The number of piperidine rings is 1. The second-order valence-electron chi connectivity index (χ2n) is 12.6. The molecule has 3 aromatic carbocycles. The summed E-state index contributed by atoms with van der Waals surface area (Å²) in [6, 6.07) is 18.0. The number of halogens is 1. The molecule has 1 N–H and O–H groups in total.